The van der Waals surface area contributed by atoms with Gasteiger partial charge in [-0.05, 0) is 39.0 Å². The predicted octanol–water partition coefficient (Wildman–Crippen LogP) is 3.78. The molecule has 1 amide bonds. The Labute approximate surface area is 131 Å². The summed E-state index contributed by atoms with van der Waals surface area (Å²) in [5.74, 6) is 0.0499. The molecule has 0 radical (unpaired) electrons. The Morgan fingerprint density at radius 2 is 2.15 bits per heavy atom. The number of benzene rings is 1. The molecule has 0 bridgehead atoms. The van der Waals surface area contributed by atoms with Crippen LogP contribution in [0.3, 0.4) is 0 Å². The van der Waals surface area contributed by atoms with E-state index in [0.29, 0.717) is 13.0 Å². The summed E-state index contributed by atoms with van der Waals surface area (Å²) in [6, 6.07) is 6.00. The molecule has 1 aromatic heterocycles. The summed E-state index contributed by atoms with van der Waals surface area (Å²) in [6.45, 7) is 6.51. The summed E-state index contributed by atoms with van der Waals surface area (Å²) in [7, 11) is 0. The average Bonchev–Trinajstić information content (AvgIpc) is 2.68. The number of hydrogen-bond donors (Lipinski definition) is 2. The number of halogens is 1. The Kier molecular flexibility index (Phi) is 4.65. The third kappa shape index (κ3) is 4.45. The number of carbonyl (C=O) groups excluding carboxylic acids is 1. The van der Waals surface area contributed by atoms with Gasteiger partial charge in [-0.3, -0.25) is 4.79 Å². The monoisotopic (exact) mass is 355 g/mol. The molecule has 0 spiro atoms. The number of nitrogens with one attached hydrogen (secondary N) is 2. The van der Waals surface area contributed by atoms with Crippen LogP contribution in [0, 0.1) is 0 Å². The molecule has 0 aliphatic heterocycles. The normalized spacial score (nSPS) is 11.6. The van der Waals surface area contributed by atoms with E-state index in [1.807, 2.05) is 39.0 Å². The Morgan fingerprint density at radius 3 is 2.85 bits per heavy atom. The summed E-state index contributed by atoms with van der Waals surface area (Å²) >= 11 is 5.04. The molecule has 0 aliphatic carbocycles. The molecule has 0 saturated carbocycles. The van der Waals surface area contributed by atoms with Gasteiger partial charge in [-0.1, -0.05) is 27.3 Å². The minimum absolute atomic E-state index is 0.0499. The molecule has 0 saturated heterocycles. The van der Waals surface area contributed by atoms with Gasteiger partial charge in [-0.15, -0.1) is 0 Å². The number of fused-ring (bicyclic) bond motifs is 1. The van der Waals surface area contributed by atoms with Crippen LogP contribution in [0.1, 0.15) is 27.2 Å². The van der Waals surface area contributed by atoms with Crippen LogP contribution in [-0.2, 0) is 4.79 Å². The minimum atomic E-state index is -0.181. The van der Waals surface area contributed by atoms with E-state index in [2.05, 4.69) is 31.5 Å². The first-order valence-corrected chi connectivity index (χ1v) is 8.05. The first kappa shape index (κ1) is 15.3. The van der Waals surface area contributed by atoms with Gasteiger partial charge in [0, 0.05) is 23.0 Å². The van der Waals surface area contributed by atoms with Crippen molar-refractivity contribution in [3.63, 3.8) is 0 Å². The molecule has 1 heterocycles. The number of amides is 1. The van der Waals surface area contributed by atoms with Crippen LogP contribution >= 0.6 is 27.3 Å². The number of hydrogen-bond acceptors (Lipinski definition) is 4. The first-order chi connectivity index (χ1) is 9.33. The van der Waals surface area contributed by atoms with Crippen molar-refractivity contribution < 1.29 is 4.79 Å². The molecule has 0 fully saturated rings. The SMILES string of the molecule is CC(C)(C)NC(=O)CCNc1nc2ccc(Br)cc2s1. The zero-order valence-electron chi connectivity index (χ0n) is 11.8. The lowest BCUT2D eigenvalue weighted by molar-refractivity contribution is -0.122. The Morgan fingerprint density at radius 1 is 1.40 bits per heavy atom. The highest BCUT2D eigenvalue weighted by molar-refractivity contribution is 9.10. The van der Waals surface area contributed by atoms with Gasteiger partial charge >= 0.3 is 0 Å². The Hall–Kier alpha value is -1.14. The molecule has 2 N–H and O–H groups in total. The second kappa shape index (κ2) is 6.10. The molecule has 2 rings (SSSR count). The van der Waals surface area contributed by atoms with E-state index in [1.54, 1.807) is 11.3 Å². The van der Waals surface area contributed by atoms with Crippen LogP contribution in [0.4, 0.5) is 5.13 Å². The van der Waals surface area contributed by atoms with Crippen LogP contribution in [0.25, 0.3) is 10.2 Å². The van der Waals surface area contributed by atoms with Gasteiger partial charge in [0.2, 0.25) is 5.91 Å². The molecule has 0 aliphatic rings. The molecule has 0 unspecified atom stereocenters. The largest absolute Gasteiger partial charge is 0.361 e. The van der Waals surface area contributed by atoms with Crippen molar-refractivity contribution in [1.82, 2.24) is 10.3 Å². The lowest BCUT2D eigenvalue weighted by Crippen LogP contribution is -2.41. The van der Waals surface area contributed by atoms with Gasteiger partial charge in [0.05, 0.1) is 10.2 Å². The number of carbonyl (C=O) groups is 1. The molecule has 6 heteroatoms. The van der Waals surface area contributed by atoms with Crippen molar-refractivity contribution in [2.75, 3.05) is 11.9 Å². The van der Waals surface area contributed by atoms with Crippen LogP contribution < -0.4 is 10.6 Å². The molecule has 108 valence electrons. The van der Waals surface area contributed by atoms with Crippen molar-refractivity contribution >= 4 is 48.5 Å². The molecule has 4 nitrogen and oxygen atoms in total. The smallest absolute Gasteiger partial charge is 0.222 e. The zero-order chi connectivity index (χ0) is 14.8. The molecule has 1 aromatic carbocycles. The van der Waals surface area contributed by atoms with Crippen LogP contribution in [0.5, 0.6) is 0 Å². The number of aromatic nitrogens is 1. The molecular weight excluding hydrogens is 338 g/mol. The lowest BCUT2D eigenvalue weighted by atomic mass is 10.1. The molecular formula is C14H18BrN3OS. The van der Waals surface area contributed by atoms with Gasteiger partial charge in [0.25, 0.3) is 0 Å². The fourth-order valence-corrected chi connectivity index (χ4v) is 3.18. The highest BCUT2D eigenvalue weighted by Gasteiger charge is 2.13. The van der Waals surface area contributed by atoms with Gasteiger partial charge in [0.15, 0.2) is 5.13 Å². The highest BCUT2D eigenvalue weighted by Crippen LogP contribution is 2.28. The molecule has 0 atom stereocenters. The van der Waals surface area contributed by atoms with Gasteiger partial charge in [-0.25, -0.2) is 4.98 Å². The van der Waals surface area contributed by atoms with Crippen molar-refractivity contribution in [3.8, 4) is 0 Å². The topological polar surface area (TPSA) is 54.0 Å². The van der Waals surface area contributed by atoms with E-state index in [0.717, 1.165) is 19.8 Å². The number of nitrogens with zero attached hydrogens (tertiary/aromatic N) is 1. The van der Waals surface area contributed by atoms with Crippen molar-refractivity contribution in [2.24, 2.45) is 0 Å². The maximum absolute atomic E-state index is 11.7. The predicted molar refractivity (Wildman–Crippen MR) is 88.3 cm³/mol. The lowest BCUT2D eigenvalue weighted by Gasteiger charge is -2.20. The van der Waals surface area contributed by atoms with Crippen molar-refractivity contribution in [1.29, 1.82) is 0 Å². The summed E-state index contributed by atoms with van der Waals surface area (Å²) in [6.07, 6.45) is 0.441. The maximum Gasteiger partial charge on any atom is 0.222 e. The fourth-order valence-electron chi connectivity index (χ4n) is 1.74. The molecule has 2 aromatic rings. The summed E-state index contributed by atoms with van der Waals surface area (Å²) in [4.78, 5) is 16.2. The van der Waals surface area contributed by atoms with Gasteiger partial charge < -0.3 is 10.6 Å². The third-order valence-corrected chi connectivity index (χ3v) is 3.96. The summed E-state index contributed by atoms with van der Waals surface area (Å²) in [5, 5.41) is 6.99. The summed E-state index contributed by atoms with van der Waals surface area (Å²) in [5.41, 5.74) is 0.791. The molecule has 20 heavy (non-hydrogen) atoms. The maximum atomic E-state index is 11.7. The Balaban J connectivity index is 1.88. The fraction of sp³-hybridized carbons (Fsp3) is 0.429. The van der Waals surface area contributed by atoms with E-state index in [1.165, 1.54) is 0 Å². The first-order valence-electron chi connectivity index (χ1n) is 6.44. The number of thiazole rings is 1. The summed E-state index contributed by atoms with van der Waals surface area (Å²) < 4.78 is 2.17. The van der Waals surface area contributed by atoms with E-state index in [9.17, 15) is 4.79 Å². The van der Waals surface area contributed by atoms with Gasteiger partial charge in [-0.2, -0.15) is 0 Å². The number of anilines is 1. The van der Waals surface area contributed by atoms with Crippen LogP contribution in [0.15, 0.2) is 22.7 Å². The number of rotatable bonds is 4. The second-order valence-electron chi connectivity index (χ2n) is 5.61. The third-order valence-electron chi connectivity index (χ3n) is 2.49. The minimum Gasteiger partial charge on any atom is -0.361 e. The van der Waals surface area contributed by atoms with Crippen LogP contribution in [0.2, 0.25) is 0 Å². The van der Waals surface area contributed by atoms with Crippen molar-refractivity contribution in [2.45, 2.75) is 32.7 Å². The van der Waals surface area contributed by atoms with Crippen molar-refractivity contribution in [3.05, 3.63) is 22.7 Å². The van der Waals surface area contributed by atoms with Crippen LogP contribution in [-0.4, -0.2) is 23.0 Å². The van der Waals surface area contributed by atoms with E-state index in [4.69, 9.17) is 0 Å². The standard InChI is InChI=1S/C14H18BrN3OS/c1-14(2,3)18-12(19)6-7-16-13-17-10-5-4-9(15)8-11(10)20-13/h4-5,8H,6-7H2,1-3H3,(H,16,17)(H,18,19). The average molecular weight is 356 g/mol. The van der Waals surface area contributed by atoms with Gasteiger partial charge in [0.1, 0.15) is 0 Å². The quantitative estimate of drug-likeness (QED) is 0.877. The zero-order valence-corrected chi connectivity index (χ0v) is 14.2. The van der Waals surface area contributed by atoms with E-state index >= 15 is 0 Å². The second-order valence-corrected chi connectivity index (χ2v) is 7.55. The van der Waals surface area contributed by atoms with E-state index < -0.39 is 0 Å². The highest BCUT2D eigenvalue weighted by atomic mass is 79.9. The van der Waals surface area contributed by atoms with E-state index in [-0.39, 0.29) is 11.4 Å². The Bertz CT molecular complexity index is 618.